The Balaban J connectivity index is 1.92. The topological polar surface area (TPSA) is 80.2 Å². The van der Waals surface area contributed by atoms with Gasteiger partial charge in [-0.15, -0.1) is 6.42 Å². The summed E-state index contributed by atoms with van der Waals surface area (Å²) in [7, 11) is 1.69. The van der Waals surface area contributed by atoms with E-state index >= 15 is 0 Å². The van der Waals surface area contributed by atoms with Crippen LogP contribution in [-0.2, 0) is 11.8 Å². The van der Waals surface area contributed by atoms with Crippen molar-refractivity contribution in [3.05, 3.63) is 65.0 Å². The highest BCUT2D eigenvalue weighted by atomic mass is 16.2. The van der Waals surface area contributed by atoms with E-state index in [9.17, 15) is 14.4 Å². The minimum Gasteiger partial charge on any atom is -0.343 e. The highest BCUT2D eigenvalue weighted by molar-refractivity contribution is 6.43. The fraction of sp³-hybridized carbons (Fsp3) is 0.174. The summed E-state index contributed by atoms with van der Waals surface area (Å²) in [6.45, 7) is 3.32. The summed E-state index contributed by atoms with van der Waals surface area (Å²) in [5.41, 5.74) is 2.16. The molecule has 0 fully saturated rings. The van der Waals surface area contributed by atoms with E-state index in [1.165, 1.54) is 0 Å². The van der Waals surface area contributed by atoms with Crippen molar-refractivity contribution < 1.29 is 14.4 Å². The molecular formula is C23H21N3O3. The molecule has 0 unspecified atom stereocenters. The fourth-order valence-electron chi connectivity index (χ4n) is 3.42. The third-order valence-electron chi connectivity index (χ3n) is 4.94. The molecule has 29 heavy (non-hydrogen) atoms. The van der Waals surface area contributed by atoms with E-state index in [2.05, 4.69) is 16.6 Å². The molecule has 2 amide bonds. The molecule has 1 heterocycles. The van der Waals surface area contributed by atoms with E-state index in [1.54, 1.807) is 25.5 Å². The molecule has 0 bridgehead atoms. The van der Waals surface area contributed by atoms with E-state index in [0.717, 1.165) is 10.8 Å². The van der Waals surface area contributed by atoms with Gasteiger partial charge in [0.05, 0.1) is 12.1 Å². The molecule has 0 saturated heterocycles. The first-order chi connectivity index (χ1) is 13.8. The molecule has 6 nitrogen and oxygen atoms in total. The van der Waals surface area contributed by atoms with Crippen LogP contribution in [0.4, 0.5) is 5.69 Å². The lowest BCUT2D eigenvalue weighted by atomic mass is 10.0. The zero-order valence-corrected chi connectivity index (χ0v) is 16.5. The summed E-state index contributed by atoms with van der Waals surface area (Å²) < 4.78 is 1.62. The number of terminal acetylenes is 1. The monoisotopic (exact) mass is 387 g/mol. The molecule has 0 saturated carbocycles. The van der Waals surface area contributed by atoms with Gasteiger partial charge in [0, 0.05) is 18.4 Å². The van der Waals surface area contributed by atoms with Crippen LogP contribution in [0.15, 0.2) is 42.5 Å². The van der Waals surface area contributed by atoms with Crippen molar-refractivity contribution in [2.75, 3.05) is 11.9 Å². The number of carbonyl (C=O) groups is 3. The first-order valence-electron chi connectivity index (χ1n) is 9.07. The molecule has 2 N–H and O–H groups in total. The maximum atomic E-state index is 13.0. The number of ketones is 1. The number of Topliss-reactive ketones (excluding diaryl/α,β-unsaturated/α-hetero) is 1. The fourth-order valence-corrected chi connectivity index (χ4v) is 3.42. The van der Waals surface area contributed by atoms with E-state index in [0.29, 0.717) is 22.6 Å². The molecule has 6 heteroatoms. The van der Waals surface area contributed by atoms with Crippen LogP contribution in [-0.4, -0.2) is 28.7 Å². The van der Waals surface area contributed by atoms with Crippen LogP contribution in [0.25, 0.3) is 10.8 Å². The number of carbonyl (C=O) groups excluding carboxylic acids is 3. The number of nitrogens with one attached hydrogen (secondary N) is 2. The highest BCUT2D eigenvalue weighted by Crippen LogP contribution is 2.24. The Morgan fingerprint density at radius 3 is 2.45 bits per heavy atom. The Bertz CT molecular complexity index is 1180. The van der Waals surface area contributed by atoms with Gasteiger partial charge in [-0.1, -0.05) is 36.3 Å². The average molecular weight is 387 g/mol. The number of aromatic nitrogens is 1. The van der Waals surface area contributed by atoms with Crippen molar-refractivity contribution in [3.63, 3.8) is 0 Å². The summed E-state index contributed by atoms with van der Waals surface area (Å²) in [4.78, 5) is 37.6. The summed E-state index contributed by atoms with van der Waals surface area (Å²) in [6.07, 6.45) is 5.12. The maximum Gasteiger partial charge on any atom is 0.293 e. The number of hydrogen-bond acceptors (Lipinski definition) is 3. The normalized spacial score (nSPS) is 10.4. The molecule has 0 atom stereocenters. The second-order valence-electron chi connectivity index (χ2n) is 6.73. The predicted molar refractivity (Wildman–Crippen MR) is 113 cm³/mol. The lowest BCUT2D eigenvalue weighted by molar-refractivity contribution is -0.116. The summed E-state index contributed by atoms with van der Waals surface area (Å²) >= 11 is 0. The van der Waals surface area contributed by atoms with Crippen LogP contribution < -0.4 is 10.6 Å². The van der Waals surface area contributed by atoms with Gasteiger partial charge in [0.1, 0.15) is 5.69 Å². The third kappa shape index (κ3) is 3.76. The summed E-state index contributed by atoms with van der Waals surface area (Å²) in [5, 5.41) is 7.32. The van der Waals surface area contributed by atoms with Crippen LogP contribution in [0, 0.1) is 26.2 Å². The quantitative estimate of drug-likeness (QED) is 0.401. The van der Waals surface area contributed by atoms with E-state index in [1.807, 2.05) is 42.5 Å². The average Bonchev–Trinajstić information content (AvgIpc) is 2.93. The smallest absolute Gasteiger partial charge is 0.293 e. The first-order valence-corrected chi connectivity index (χ1v) is 9.07. The lowest BCUT2D eigenvalue weighted by Gasteiger charge is -2.09. The number of anilines is 1. The Morgan fingerprint density at radius 2 is 1.76 bits per heavy atom. The highest BCUT2D eigenvalue weighted by Gasteiger charge is 2.28. The van der Waals surface area contributed by atoms with Gasteiger partial charge < -0.3 is 15.2 Å². The van der Waals surface area contributed by atoms with Crippen molar-refractivity contribution >= 4 is 34.1 Å². The van der Waals surface area contributed by atoms with Crippen molar-refractivity contribution in [3.8, 4) is 12.3 Å². The molecule has 1 aromatic heterocycles. The van der Waals surface area contributed by atoms with Crippen LogP contribution in [0.1, 0.15) is 32.1 Å². The van der Waals surface area contributed by atoms with Gasteiger partial charge in [-0.2, -0.15) is 0 Å². The van der Waals surface area contributed by atoms with Crippen LogP contribution in [0.2, 0.25) is 0 Å². The van der Waals surface area contributed by atoms with E-state index in [-0.39, 0.29) is 18.0 Å². The molecule has 146 valence electrons. The molecule has 0 radical (unpaired) electrons. The second kappa shape index (κ2) is 8.03. The molecule has 3 rings (SSSR count). The van der Waals surface area contributed by atoms with E-state index < -0.39 is 11.7 Å². The van der Waals surface area contributed by atoms with Gasteiger partial charge in [-0.3, -0.25) is 14.4 Å². The van der Waals surface area contributed by atoms with Crippen molar-refractivity contribution in [1.29, 1.82) is 0 Å². The Hall–Kier alpha value is -3.85. The van der Waals surface area contributed by atoms with Gasteiger partial charge in [0.15, 0.2) is 0 Å². The zero-order valence-electron chi connectivity index (χ0n) is 16.5. The third-order valence-corrected chi connectivity index (χ3v) is 4.94. The van der Waals surface area contributed by atoms with Gasteiger partial charge in [0.2, 0.25) is 0 Å². The van der Waals surface area contributed by atoms with Crippen LogP contribution >= 0.6 is 0 Å². The predicted octanol–water partition coefficient (Wildman–Crippen LogP) is 2.98. The van der Waals surface area contributed by atoms with Gasteiger partial charge >= 0.3 is 0 Å². The number of amides is 2. The zero-order chi connectivity index (χ0) is 21.1. The molecule has 0 aliphatic carbocycles. The lowest BCUT2D eigenvalue weighted by Crippen LogP contribution is -2.31. The van der Waals surface area contributed by atoms with Gasteiger partial charge in [-0.25, -0.2) is 0 Å². The van der Waals surface area contributed by atoms with Crippen molar-refractivity contribution in [2.45, 2.75) is 13.8 Å². The minimum absolute atomic E-state index is 0.0369. The van der Waals surface area contributed by atoms with Gasteiger partial charge in [0.25, 0.3) is 17.6 Å². The number of fused-ring (bicyclic) bond motifs is 1. The Kier molecular flexibility index (Phi) is 5.51. The van der Waals surface area contributed by atoms with Crippen LogP contribution in [0.5, 0.6) is 0 Å². The standard InChI is InChI=1S/C23H21N3O3/c1-5-12-24-23(29)21(27)19-14(2)20(26(4)15(19)3)22(28)25-18-11-10-16-8-6-7-9-17(16)13-18/h1,6-11,13H,12H2,2-4H3,(H,24,29)(H,25,28). The second-order valence-corrected chi connectivity index (χ2v) is 6.73. The van der Waals surface area contributed by atoms with E-state index in [4.69, 9.17) is 6.42 Å². The van der Waals surface area contributed by atoms with Crippen molar-refractivity contribution in [2.24, 2.45) is 7.05 Å². The molecule has 0 spiro atoms. The van der Waals surface area contributed by atoms with Crippen molar-refractivity contribution in [1.82, 2.24) is 9.88 Å². The molecule has 2 aromatic carbocycles. The maximum absolute atomic E-state index is 13.0. The molecule has 3 aromatic rings. The molecule has 0 aliphatic rings. The molecule has 0 aliphatic heterocycles. The van der Waals surface area contributed by atoms with Crippen LogP contribution in [0.3, 0.4) is 0 Å². The molecular weight excluding hydrogens is 366 g/mol. The number of rotatable bonds is 5. The number of benzene rings is 2. The first kappa shape index (κ1) is 19.9. The SMILES string of the molecule is C#CCNC(=O)C(=O)c1c(C)c(C(=O)Nc2ccc3ccccc3c2)n(C)c1C. The number of nitrogens with zero attached hydrogens (tertiary/aromatic N) is 1. The Labute approximate surface area is 168 Å². The summed E-state index contributed by atoms with van der Waals surface area (Å²) in [5.74, 6) is 0.397. The van der Waals surface area contributed by atoms with Gasteiger partial charge in [-0.05, 0) is 42.3 Å². The summed E-state index contributed by atoms with van der Waals surface area (Å²) in [6, 6.07) is 13.5. The minimum atomic E-state index is -0.791. The largest absolute Gasteiger partial charge is 0.343 e. The number of hydrogen-bond donors (Lipinski definition) is 2. The Morgan fingerprint density at radius 1 is 1.07 bits per heavy atom.